The van der Waals surface area contributed by atoms with Crippen molar-refractivity contribution in [2.24, 2.45) is 5.41 Å². The van der Waals surface area contributed by atoms with Gasteiger partial charge in [0.25, 0.3) is 5.91 Å². The number of carbonyl (C=O) groups is 2. The Labute approximate surface area is 229 Å². The Kier molecular flexibility index (Phi) is 7.89. The molecule has 6 nitrogen and oxygen atoms in total. The maximum Gasteiger partial charge on any atom is 0.253 e. The van der Waals surface area contributed by atoms with Crippen LogP contribution in [-0.4, -0.2) is 55.0 Å². The Morgan fingerprint density at radius 1 is 0.868 bits per heavy atom. The molecular weight excluding hydrogens is 500 g/mol. The van der Waals surface area contributed by atoms with Crippen LogP contribution in [0.3, 0.4) is 0 Å². The lowest BCUT2D eigenvalue weighted by molar-refractivity contribution is -0.136. The number of benzene rings is 3. The molecule has 0 saturated carbocycles. The first-order chi connectivity index (χ1) is 18.4. The van der Waals surface area contributed by atoms with Crippen molar-refractivity contribution in [2.75, 3.05) is 33.4 Å². The average molecular weight is 533 g/mol. The van der Waals surface area contributed by atoms with Gasteiger partial charge in [0.2, 0.25) is 5.91 Å². The first-order valence-corrected chi connectivity index (χ1v) is 13.5. The summed E-state index contributed by atoms with van der Waals surface area (Å²) in [5, 5.41) is 0.610. The molecule has 0 N–H and O–H groups in total. The van der Waals surface area contributed by atoms with E-state index in [-0.39, 0.29) is 17.2 Å². The number of methoxy groups -OCH3 is 1. The SMILES string of the molecule is COc1cccc(C(=O)N2CCC(COc3cccc(Cl)c3)(CC(=O)N3CCc4ccccc4C3)CC2)c1. The molecule has 3 aromatic rings. The minimum Gasteiger partial charge on any atom is -0.497 e. The van der Waals surface area contributed by atoms with Crippen LogP contribution in [0.15, 0.2) is 72.8 Å². The van der Waals surface area contributed by atoms with Crippen LogP contribution in [0.1, 0.15) is 40.7 Å². The number of hydrogen-bond donors (Lipinski definition) is 0. The van der Waals surface area contributed by atoms with E-state index in [1.54, 1.807) is 19.2 Å². The number of halogens is 1. The Morgan fingerprint density at radius 3 is 2.37 bits per heavy atom. The zero-order valence-corrected chi connectivity index (χ0v) is 22.5. The van der Waals surface area contributed by atoms with E-state index in [0.717, 1.165) is 13.0 Å². The van der Waals surface area contributed by atoms with Crippen LogP contribution in [0.2, 0.25) is 5.02 Å². The summed E-state index contributed by atoms with van der Waals surface area (Å²) in [5.74, 6) is 1.46. The number of nitrogens with zero attached hydrogens (tertiary/aromatic N) is 2. The minimum absolute atomic E-state index is 0.0211. The largest absolute Gasteiger partial charge is 0.497 e. The van der Waals surface area contributed by atoms with Crippen molar-refractivity contribution in [2.45, 2.75) is 32.2 Å². The number of ether oxygens (including phenoxy) is 2. The Hall–Kier alpha value is -3.51. The number of likely N-dealkylation sites (tertiary alicyclic amines) is 1. The molecule has 2 heterocycles. The highest BCUT2D eigenvalue weighted by atomic mass is 35.5. The normalized spacial score (nSPS) is 16.5. The summed E-state index contributed by atoms with van der Waals surface area (Å²) in [4.78, 5) is 30.7. The third-order valence-corrected chi connectivity index (χ3v) is 8.01. The van der Waals surface area contributed by atoms with E-state index in [4.69, 9.17) is 21.1 Å². The zero-order valence-electron chi connectivity index (χ0n) is 21.7. The van der Waals surface area contributed by atoms with Gasteiger partial charge >= 0.3 is 0 Å². The fourth-order valence-corrected chi connectivity index (χ4v) is 5.61. The molecule has 0 atom stereocenters. The highest BCUT2D eigenvalue weighted by Gasteiger charge is 2.40. The predicted molar refractivity (Wildman–Crippen MR) is 148 cm³/mol. The van der Waals surface area contributed by atoms with Crippen LogP contribution in [-0.2, 0) is 17.8 Å². The van der Waals surface area contributed by atoms with Gasteiger partial charge in [-0.1, -0.05) is 48.0 Å². The Morgan fingerprint density at radius 2 is 1.61 bits per heavy atom. The van der Waals surface area contributed by atoms with E-state index in [9.17, 15) is 9.59 Å². The summed E-state index contributed by atoms with van der Waals surface area (Å²) in [6.45, 7) is 2.88. The van der Waals surface area contributed by atoms with Crippen LogP contribution in [0.4, 0.5) is 0 Å². The molecule has 7 heteroatoms. The van der Waals surface area contributed by atoms with Crippen molar-refractivity contribution >= 4 is 23.4 Å². The molecule has 38 heavy (non-hydrogen) atoms. The molecule has 0 radical (unpaired) electrons. The van der Waals surface area contributed by atoms with Gasteiger partial charge in [-0.25, -0.2) is 0 Å². The van der Waals surface area contributed by atoms with Gasteiger partial charge in [-0.15, -0.1) is 0 Å². The molecule has 0 spiro atoms. The van der Waals surface area contributed by atoms with E-state index >= 15 is 0 Å². The van der Waals surface area contributed by atoms with Crippen LogP contribution in [0, 0.1) is 5.41 Å². The van der Waals surface area contributed by atoms with Crippen molar-refractivity contribution in [3.63, 3.8) is 0 Å². The molecule has 2 amide bonds. The van der Waals surface area contributed by atoms with E-state index in [1.165, 1.54) is 11.1 Å². The highest BCUT2D eigenvalue weighted by Crippen LogP contribution is 2.38. The number of fused-ring (bicyclic) bond motifs is 1. The van der Waals surface area contributed by atoms with Crippen LogP contribution in [0.25, 0.3) is 0 Å². The lowest BCUT2D eigenvalue weighted by Gasteiger charge is -2.42. The molecular formula is C31H33ClN2O4. The van der Waals surface area contributed by atoms with Crippen molar-refractivity contribution in [1.29, 1.82) is 0 Å². The molecule has 3 aromatic carbocycles. The Balaban J connectivity index is 1.30. The number of rotatable bonds is 7. The molecule has 0 aliphatic carbocycles. The number of piperidine rings is 1. The average Bonchev–Trinajstić information content (AvgIpc) is 2.96. The highest BCUT2D eigenvalue weighted by molar-refractivity contribution is 6.30. The maximum atomic E-state index is 13.6. The predicted octanol–water partition coefficient (Wildman–Crippen LogP) is 5.63. The Bertz CT molecular complexity index is 1300. The van der Waals surface area contributed by atoms with Gasteiger partial charge in [0.1, 0.15) is 11.5 Å². The standard InChI is InChI=1S/C31H33ClN2O4/c1-37-27-10-4-8-24(18-27)30(36)33-16-13-31(14-17-33,22-38-28-11-5-9-26(32)19-28)20-29(35)34-15-12-23-6-2-3-7-25(23)21-34/h2-11,18-19H,12-17,20-22H2,1H3. The molecule has 5 rings (SSSR count). The smallest absolute Gasteiger partial charge is 0.253 e. The van der Waals surface area contributed by atoms with Crippen LogP contribution < -0.4 is 9.47 Å². The van der Waals surface area contributed by atoms with Crippen molar-refractivity contribution in [3.8, 4) is 11.5 Å². The second-order valence-corrected chi connectivity index (χ2v) is 10.7. The first kappa shape index (κ1) is 26.1. The molecule has 1 saturated heterocycles. The van der Waals surface area contributed by atoms with Crippen molar-refractivity contribution in [1.82, 2.24) is 9.80 Å². The topological polar surface area (TPSA) is 59.1 Å². The summed E-state index contributed by atoms with van der Waals surface area (Å²) in [6.07, 6.45) is 2.62. The summed E-state index contributed by atoms with van der Waals surface area (Å²) in [6, 6.07) is 22.9. The summed E-state index contributed by atoms with van der Waals surface area (Å²) in [7, 11) is 1.59. The van der Waals surface area contributed by atoms with Gasteiger partial charge in [-0.05, 0) is 66.8 Å². The second-order valence-electron chi connectivity index (χ2n) is 10.3. The summed E-state index contributed by atoms with van der Waals surface area (Å²) < 4.78 is 11.5. The van der Waals surface area contributed by atoms with E-state index in [1.807, 2.05) is 52.3 Å². The van der Waals surface area contributed by atoms with Crippen LogP contribution >= 0.6 is 11.6 Å². The monoisotopic (exact) mass is 532 g/mol. The lowest BCUT2D eigenvalue weighted by atomic mass is 9.75. The van der Waals surface area contributed by atoms with E-state index in [2.05, 4.69) is 18.2 Å². The molecule has 2 aliphatic rings. The molecule has 0 bridgehead atoms. The van der Waals surface area contributed by atoms with Gasteiger partial charge in [-0.2, -0.15) is 0 Å². The van der Waals surface area contributed by atoms with E-state index in [0.29, 0.717) is 67.6 Å². The molecule has 0 unspecified atom stereocenters. The van der Waals surface area contributed by atoms with Crippen LogP contribution in [0.5, 0.6) is 11.5 Å². The van der Waals surface area contributed by atoms with Gasteiger partial charge in [0.05, 0.1) is 13.7 Å². The fourth-order valence-electron chi connectivity index (χ4n) is 5.43. The zero-order chi connectivity index (χ0) is 26.5. The number of hydrogen-bond acceptors (Lipinski definition) is 4. The third-order valence-electron chi connectivity index (χ3n) is 7.78. The first-order valence-electron chi connectivity index (χ1n) is 13.1. The number of amides is 2. The molecule has 198 valence electrons. The fraction of sp³-hybridized carbons (Fsp3) is 0.355. The van der Waals surface area contributed by atoms with Gasteiger partial charge in [0.15, 0.2) is 0 Å². The quantitative estimate of drug-likeness (QED) is 0.396. The van der Waals surface area contributed by atoms with E-state index < -0.39 is 0 Å². The minimum atomic E-state index is -0.373. The number of carbonyl (C=O) groups excluding carboxylic acids is 2. The maximum absolute atomic E-state index is 13.6. The van der Waals surface area contributed by atoms with Gasteiger partial charge in [0, 0.05) is 48.6 Å². The van der Waals surface area contributed by atoms with Crippen molar-refractivity contribution < 1.29 is 19.1 Å². The summed E-state index contributed by atoms with van der Waals surface area (Å²) in [5.41, 5.74) is 2.77. The summed E-state index contributed by atoms with van der Waals surface area (Å²) >= 11 is 6.17. The lowest BCUT2D eigenvalue weighted by Crippen LogP contribution is -2.48. The molecule has 0 aromatic heterocycles. The van der Waals surface area contributed by atoms with Crippen molar-refractivity contribution in [3.05, 3.63) is 94.5 Å². The molecule has 2 aliphatic heterocycles. The van der Waals surface area contributed by atoms with Gasteiger partial charge in [-0.3, -0.25) is 9.59 Å². The van der Waals surface area contributed by atoms with Gasteiger partial charge < -0.3 is 19.3 Å². The molecule has 1 fully saturated rings. The third kappa shape index (κ3) is 5.97. The second kappa shape index (κ2) is 11.5.